The van der Waals surface area contributed by atoms with Crippen LogP contribution in [0.1, 0.15) is 46.1 Å². The first kappa shape index (κ1) is 34.7. The number of nitrogens with one attached hydrogen (secondary N) is 1. The fourth-order valence-corrected chi connectivity index (χ4v) is 6.22. The minimum atomic E-state index is -1.83. The van der Waals surface area contributed by atoms with Crippen molar-refractivity contribution in [2.75, 3.05) is 32.8 Å². The van der Waals surface area contributed by atoms with Crippen molar-refractivity contribution in [1.29, 1.82) is 0 Å². The molecule has 0 saturated carbocycles. The number of halogens is 1. The van der Waals surface area contributed by atoms with Crippen molar-refractivity contribution in [1.82, 2.24) is 5.32 Å². The van der Waals surface area contributed by atoms with Crippen LogP contribution in [0.2, 0.25) is 5.02 Å². The molecule has 2 saturated heterocycles. The number of allylic oxidation sites excluding steroid dienone is 2. The first-order chi connectivity index (χ1) is 21.2. The number of benzene rings is 1. The topological polar surface area (TPSA) is 156 Å². The van der Waals surface area contributed by atoms with Gasteiger partial charge in [0, 0.05) is 26.5 Å². The number of carbonyl (C=O) groups excluding carboxylic acids is 3. The number of amides is 2. The Morgan fingerprint density at radius 2 is 1.98 bits per heavy atom. The maximum atomic E-state index is 13.8. The van der Waals surface area contributed by atoms with Gasteiger partial charge >= 0.3 is 12.1 Å². The van der Waals surface area contributed by atoms with E-state index in [-0.39, 0.29) is 30.9 Å². The molecule has 4 rings (SSSR count). The lowest BCUT2D eigenvalue weighted by Crippen LogP contribution is -2.63. The molecule has 3 aliphatic heterocycles. The lowest BCUT2D eigenvalue weighted by Gasteiger charge is -2.42. The number of fused-ring (bicyclic) bond motifs is 5. The molecule has 3 heterocycles. The third-order valence-electron chi connectivity index (χ3n) is 8.78. The van der Waals surface area contributed by atoms with Crippen LogP contribution in [0.15, 0.2) is 35.9 Å². The Hall–Kier alpha value is -3.16. The van der Waals surface area contributed by atoms with Crippen molar-refractivity contribution in [2.24, 2.45) is 11.8 Å². The number of alkyl carbamates (subject to hydrolysis) is 1. The van der Waals surface area contributed by atoms with Crippen LogP contribution in [-0.4, -0.2) is 91.8 Å². The van der Waals surface area contributed by atoms with Crippen molar-refractivity contribution in [3.8, 4) is 5.75 Å². The Kier molecular flexibility index (Phi) is 10.6. The molecule has 3 N–H and O–H groups in total. The Morgan fingerprint density at radius 1 is 1.27 bits per heavy atom. The molecule has 12 nitrogen and oxygen atoms in total. The van der Waals surface area contributed by atoms with Gasteiger partial charge < -0.3 is 38.8 Å². The molecule has 1 aromatic carbocycles. The summed E-state index contributed by atoms with van der Waals surface area (Å²) in [6.07, 6.45) is 0.703. The third kappa shape index (κ3) is 7.30. The van der Waals surface area contributed by atoms with E-state index >= 15 is 0 Å². The van der Waals surface area contributed by atoms with Gasteiger partial charge in [-0.25, -0.2) is 4.79 Å². The normalized spacial score (nSPS) is 32.3. The van der Waals surface area contributed by atoms with Gasteiger partial charge in [0.2, 0.25) is 5.91 Å². The fourth-order valence-electron chi connectivity index (χ4n) is 5.90. The monoisotopic (exact) mass is 650 g/mol. The van der Waals surface area contributed by atoms with Gasteiger partial charge in [-0.15, -0.1) is 0 Å². The first-order valence-electron chi connectivity index (χ1n) is 14.9. The standard InChI is InChI=1S/C32H43ClN2O10/c1-17(2)29(38)44-25-14-26(37)35(5)21-12-20(13-22(41-6)27(21)33)11-19(16-36)9-8-10-24(42-7)32(40)15-23(43-30(39)34-32)18(3)28-31(25,4)45-28/h8-10,12-13,17-18,23-25,28,36,40H,11,14-16H2,1-7H3,(H,34,39). The second kappa shape index (κ2) is 13.7. The average molecular weight is 651 g/mol. The molecule has 45 heavy (non-hydrogen) atoms. The molecular weight excluding hydrogens is 608 g/mol. The average Bonchev–Trinajstić information content (AvgIpc) is 3.69. The summed E-state index contributed by atoms with van der Waals surface area (Å²) >= 11 is 6.67. The van der Waals surface area contributed by atoms with Crippen molar-refractivity contribution in [3.63, 3.8) is 0 Å². The predicted molar refractivity (Wildman–Crippen MR) is 165 cm³/mol. The highest BCUT2D eigenvalue weighted by Gasteiger charge is 2.64. The lowest BCUT2D eigenvalue weighted by atomic mass is 9.83. The van der Waals surface area contributed by atoms with Gasteiger partial charge in [0.15, 0.2) is 5.72 Å². The number of rotatable bonds is 5. The lowest BCUT2D eigenvalue weighted by molar-refractivity contribution is -0.157. The molecule has 0 spiro atoms. The van der Waals surface area contributed by atoms with Crippen LogP contribution in [0.25, 0.3) is 0 Å². The van der Waals surface area contributed by atoms with Crippen LogP contribution in [0.3, 0.4) is 0 Å². The van der Waals surface area contributed by atoms with Crippen LogP contribution in [0, 0.1) is 11.8 Å². The second-order valence-corrected chi connectivity index (χ2v) is 12.7. The molecule has 2 fully saturated rings. The second-order valence-electron chi connectivity index (χ2n) is 12.3. The predicted octanol–water partition coefficient (Wildman–Crippen LogP) is 3.30. The number of aliphatic hydroxyl groups is 2. The van der Waals surface area contributed by atoms with E-state index in [0.29, 0.717) is 22.6 Å². The highest BCUT2D eigenvalue weighted by molar-refractivity contribution is 6.35. The first-order valence-corrected chi connectivity index (χ1v) is 15.3. The van der Waals surface area contributed by atoms with Crippen LogP contribution in [0.5, 0.6) is 5.75 Å². The number of ether oxygens (including phenoxy) is 5. The van der Waals surface area contributed by atoms with Crippen LogP contribution in [0.4, 0.5) is 10.5 Å². The van der Waals surface area contributed by atoms with E-state index in [9.17, 15) is 24.6 Å². The van der Waals surface area contributed by atoms with Crippen LogP contribution < -0.4 is 15.0 Å². The molecule has 13 heteroatoms. The van der Waals surface area contributed by atoms with E-state index < -0.39 is 65.5 Å². The summed E-state index contributed by atoms with van der Waals surface area (Å²) in [5.74, 6) is -1.50. The highest BCUT2D eigenvalue weighted by Crippen LogP contribution is 2.49. The molecule has 0 aromatic heterocycles. The summed E-state index contributed by atoms with van der Waals surface area (Å²) < 4.78 is 28.7. The number of methoxy groups -OCH3 is 2. The Balaban J connectivity index is 1.82. The van der Waals surface area contributed by atoms with Gasteiger partial charge in [-0.05, 0) is 36.6 Å². The number of nitrogens with zero attached hydrogens (tertiary/aromatic N) is 1. The van der Waals surface area contributed by atoms with Crippen LogP contribution in [-0.2, 0) is 35.0 Å². The number of anilines is 1. The Bertz CT molecular complexity index is 1370. The smallest absolute Gasteiger partial charge is 0.409 e. The molecule has 2 amide bonds. The summed E-state index contributed by atoms with van der Waals surface area (Å²) in [6, 6.07) is 3.45. The maximum Gasteiger partial charge on any atom is 0.409 e. The van der Waals surface area contributed by atoms with Gasteiger partial charge in [0.25, 0.3) is 0 Å². The zero-order chi connectivity index (χ0) is 33.3. The number of aliphatic hydroxyl groups excluding tert-OH is 1. The van der Waals surface area contributed by atoms with Gasteiger partial charge in [0.05, 0.1) is 37.8 Å². The summed E-state index contributed by atoms with van der Waals surface area (Å²) in [7, 11) is 4.44. The summed E-state index contributed by atoms with van der Waals surface area (Å²) in [5.41, 5.74) is -1.25. The molecule has 0 radical (unpaired) electrons. The van der Waals surface area contributed by atoms with Crippen LogP contribution >= 0.6 is 11.6 Å². The van der Waals surface area contributed by atoms with E-state index in [1.165, 1.54) is 19.1 Å². The summed E-state index contributed by atoms with van der Waals surface area (Å²) in [4.78, 5) is 40.7. The van der Waals surface area contributed by atoms with Crippen molar-refractivity contribution < 1.29 is 48.3 Å². The number of epoxide rings is 1. The van der Waals surface area contributed by atoms with E-state index in [4.69, 9.17) is 35.3 Å². The maximum absolute atomic E-state index is 13.8. The third-order valence-corrected chi connectivity index (χ3v) is 9.16. The van der Waals surface area contributed by atoms with Gasteiger partial charge in [-0.2, -0.15) is 0 Å². The number of hydrogen-bond donors (Lipinski definition) is 3. The molecule has 248 valence electrons. The zero-order valence-corrected chi connectivity index (χ0v) is 27.4. The number of hydrogen-bond acceptors (Lipinski definition) is 10. The van der Waals surface area contributed by atoms with Crippen molar-refractivity contribution >= 4 is 35.3 Å². The zero-order valence-electron chi connectivity index (χ0n) is 26.7. The fraction of sp³-hybridized carbons (Fsp3) is 0.594. The number of esters is 1. The van der Waals surface area contributed by atoms with Crippen molar-refractivity contribution in [3.05, 3.63) is 46.5 Å². The molecule has 7 unspecified atom stereocenters. The molecule has 1 aromatic rings. The van der Waals surface area contributed by atoms with E-state index in [2.05, 4.69) is 5.32 Å². The number of carbonyl (C=O) groups is 3. The summed E-state index contributed by atoms with van der Waals surface area (Å²) in [5, 5.41) is 24.4. The Morgan fingerprint density at radius 3 is 2.60 bits per heavy atom. The largest absolute Gasteiger partial charge is 0.495 e. The molecule has 3 aliphatic rings. The minimum absolute atomic E-state index is 0.0441. The quantitative estimate of drug-likeness (QED) is 0.319. The molecule has 4 bridgehead atoms. The SMILES string of the molecule is COc1cc2cc(c1Cl)N(C)C(=O)CC(OC(=O)C(C)C)C1(C)OC1C(C)C1CC(O)(NC(=O)O1)C(OC)C=CC=C(CO)C2. The Labute approximate surface area is 268 Å². The minimum Gasteiger partial charge on any atom is -0.495 e. The van der Waals surface area contributed by atoms with Gasteiger partial charge in [0.1, 0.15) is 34.7 Å². The van der Waals surface area contributed by atoms with E-state index in [1.54, 1.807) is 58.2 Å². The van der Waals surface area contributed by atoms with Gasteiger partial charge in [-0.1, -0.05) is 50.6 Å². The van der Waals surface area contributed by atoms with Gasteiger partial charge in [-0.3, -0.25) is 14.9 Å². The molecule has 7 atom stereocenters. The molecular formula is C32H43ClN2O10. The highest BCUT2D eigenvalue weighted by atomic mass is 35.5. The van der Waals surface area contributed by atoms with E-state index in [0.717, 1.165) is 0 Å². The summed E-state index contributed by atoms with van der Waals surface area (Å²) in [6.45, 7) is 6.66. The van der Waals surface area contributed by atoms with Crippen molar-refractivity contribution in [2.45, 2.75) is 82.7 Å². The van der Waals surface area contributed by atoms with E-state index in [1.807, 2.05) is 6.92 Å². The molecule has 0 aliphatic carbocycles.